The van der Waals surface area contributed by atoms with E-state index in [0.717, 1.165) is 19.3 Å². The van der Waals surface area contributed by atoms with Crippen molar-refractivity contribution in [2.75, 3.05) is 0 Å². The van der Waals surface area contributed by atoms with Crippen LogP contribution in [0.2, 0.25) is 0 Å². The summed E-state index contributed by atoms with van der Waals surface area (Å²) in [7, 11) is 0. The molecule has 0 unspecified atom stereocenters. The Morgan fingerprint density at radius 2 is 1.19 bits per heavy atom. The zero-order valence-electron chi connectivity index (χ0n) is 17.3. The average Bonchev–Trinajstić information content (AvgIpc) is 2.65. The van der Waals surface area contributed by atoms with Crippen molar-refractivity contribution in [2.24, 2.45) is 0 Å². The summed E-state index contributed by atoms with van der Waals surface area (Å²) in [5.74, 6) is 0. The zero-order chi connectivity index (χ0) is 19.3. The molecule has 142 valence electrons. The Labute approximate surface area is 162 Å². The molecule has 0 radical (unpaired) electrons. The lowest BCUT2D eigenvalue weighted by atomic mass is 10.0. The normalized spacial score (nSPS) is 14.6. The Kier molecular flexibility index (Phi) is 17.7. The van der Waals surface area contributed by atoms with Crippen molar-refractivity contribution < 1.29 is 0 Å². The fraction of sp³-hybridized carbons (Fsp3) is 0.385. The van der Waals surface area contributed by atoms with Gasteiger partial charge in [-0.25, -0.2) is 0 Å². The summed E-state index contributed by atoms with van der Waals surface area (Å²) in [6, 6.07) is 0. The molecule has 0 aromatic carbocycles. The quantitative estimate of drug-likeness (QED) is 0.230. The molecule has 0 spiro atoms. The first-order valence-electron chi connectivity index (χ1n) is 10.2. The van der Waals surface area contributed by atoms with Gasteiger partial charge in [0.05, 0.1) is 0 Å². The van der Waals surface area contributed by atoms with Gasteiger partial charge in [0.15, 0.2) is 0 Å². The van der Waals surface area contributed by atoms with Crippen molar-refractivity contribution >= 4 is 0 Å². The Hall–Kier alpha value is -2.08. The van der Waals surface area contributed by atoms with Crippen molar-refractivity contribution in [3.8, 4) is 0 Å². The molecule has 0 nitrogen and oxygen atoms in total. The molecule has 0 aromatic rings. The second-order valence-electron chi connectivity index (χ2n) is 6.11. The molecular weight excluding hydrogens is 312 g/mol. The van der Waals surface area contributed by atoms with Crippen LogP contribution in [0.4, 0.5) is 0 Å². The molecular formula is C26H38. The molecule has 0 saturated heterocycles. The van der Waals surface area contributed by atoms with Crippen LogP contribution in [0.15, 0.2) is 96.2 Å². The maximum absolute atomic E-state index is 2.29. The summed E-state index contributed by atoms with van der Waals surface area (Å²) in [6.45, 7) is 8.63. The van der Waals surface area contributed by atoms with Gasteiger partial charge >= 0.3 is 0 Å². The molecule has 0 aliphatic heterocycles. The van der Waals surface area contributed by atoms with Gasteiger partial charge in [0, 0.05) is 0 Å². The summed E-state index contributed by atoms with van der Waals surface area (Å²) >= 11 is 0. The highest BCUT2D eigenvalue weighted by atomic mass is 14.0. The van der Waals surface area contributed by atoms with Crippen LogP contribution in [0.5, 0.6) is 0 Å². The van der Waals surface area contributed by atoms with Gasteiger partial charge in [-0.1, -0.05) is 125 Å². The van der Waals surface area contributed by atoms with Crippen molar-refractivity contribution in [3.05, 3.63) is 96.2 Å². The van der Waals surface area contributed by atoms with E-state index in [-0.39, 0.29) is 0 Å². The van der Waals surface area contributed by atoms with Crippen molar-refractivity contribution in [1.29, 1.82) is 0 Å². The highest BCUT2D eigenvalue weighted by molar-refractivity contribution is 5.48. The van der Waals surface area contributed by atoms with Crippen molar-refractivity contribution in [1.82, 2.24) is 0 Å². The zero-order valence-corrected chi connectivity index (χ0v) is 17.3. The maximum Gasteiger partial charge on any atom is -0.0184 e. The molecule has 0 bridgehead atoms. The van der Waals surface area contributed by atoms with Gasteiger partial charge in [-0.05, 0) is 37.3 Å². The van der Waals surface area contributed by atoms with E-state index < -0.39 is 0 Å². The first-order valence-corrected chi connectivity index (χ1v) is 10.2. The molecule has 26 heavy (non-hydrogen) atoms. The monoisotopic (exact) mass is 350 g/mol. The summed E-state index contributed by atoms with van der Waals surface area (Å²) in [5.41, 5.74) is 2.46. The largest absolute Gasteiger partial charge is 0.0877 e. The first kappa shape index (κ1) is 23.9. The second kappa shape index (κ2) is 19.2. The number of unbranched alkanes of at least 4 members (excludes halogenated alkanes) is 3. The smallest absolute Gasteiger partial charge is 0.0184 e. The van der Waals surface area contributed by atoms with Crippen LogP contribution in [-0.4, -0.2) is 0 Å². The van der Waals surface area contributed by atoms with Gasteiger partial charge in [-0.3, -0.25) is 0 Å². The van der Waals surface area contributed by atoms with E-state index in [1.807, 2.05) is 6.92 Å². The third-order valence-electron chi connectivity index (χ3n) is 3.67. The van der Waals surface area contributed by atoms with Crippen LogP contribution in [0.3, 0.4) is 0 Å². The number of hydrogen-bond donors (Lipinski definition) is 0. The molecule has 0 aliphatic carbocycles. The van der Waals surface area contributed by atoms with Gasteiger partial charge in [-0.15, -0.1) is 0 Å². The molecule has 0 amide bonds. The lowest BCUT2D eigenvalue weighted by Crippen LogP contribution is -1.82. The lowest BCUT2D eigenvalue weighted by Gasteiger charge is -2.01. The Morgan fingerprint density at radius 1 is 0.577 bits per heavy atom. The minimum Gasteiger partial charge on any atom is -0.0877 e. The molecule has 0 N–H and O–H groups in total. The summed E-state index contributed by atoms with van der Waals surface area (Å²) in [5, 5.41) is 0. The number of allylic oxidation sites excluding steroid dienone is 16. The Morgan fingerprint density at radius 3 is 1.77 bits per heavy atom. The van der Waals surface area contributed by atoms with Crippen LogP contribution in [0, 0.1) is 0 Å². The molecule has 0 atom stereocenters. The highest BCUT2D eigenvalue weighted by Crippen LogP contribution is 2.14. The number of hydrogen-bond acceptors (Lipinski definition) is 0. The third-order valence-corrected chi connectivity index (χ3v) is 3.67. The van der Waals surface area contributed by atoms with E-state index in [0.29, 0.717) is 0 Å². The molecule has 0 rings (SSSR count). The van der Waals surface area contributed by atoms with Crippen LogP contribution in [-0.2, 0) is 0 Å². The first-order chi connectivity index (χ1) is 12.8. The van der Waals surface area contributed by atoms with Crippen LogP contribution < -0.4 is 0 Å². The maximum atomic E-state index is 2.29. The van der Waals surface area contributed by atoms with Crippen molar-refractivity contribution in [3.63, 3.8) is 0 Å². The predicted molar refractivity (Wildman–Crippen MR) is 121 cm³/mol. The van der Waals surface area contributed by atoms with E-state index in [9.17, 15) is 0 Å². The molecule has 0 saturated carbocycles. The van der Waals surface area contributed by atoms with Gasteiger partial charge in [0.25, 0.3) is 0 Å². The highest BCUT2D eigenvalue weighted by Gasteiger charge is 1.94. The topological polar surface area (TPSA) is 0 Å². The predicted octanol–water partition coefficient (Wildman–Crippen LogP) is 8.60. The van der Waals surface area contributed by atoms with E-state index in [1.54, 1.807) is 0 Å². The standard InChI is InChI=1S/C26H38/c1-5-9-13-16-20-24-26(23-19-15-11-7-3)25(21-17-12-8-4)22-18-14-10-6-2/h8,11-13,15-24H,5-7,9-10,14H2,1-4H3. The average molecular weight is 351 g/mol. The second-order valence-corrected chi connectivity index (χ2v) is 6.11. The minimum absolute atomic E-state index is 1.06. The van der Waals surface area contributed by atoms with Gasteiger partial charge in [-0.2, -0.15) is 0 Å². The van der Waals surface area contributed by atoms with E-state index in [4.69, 9.17) is 0 Å². The van der Waals surface area contributed by atoms with E-state index in [2.05, 4.69) is 106 Å². The molecule has 0 fully saturated rings. The summed E-state index contributed by atoms with van der Waals surface area (Å²) in [6.07, 6.45) is 37.2. The van der Waals surface area contributed by atoms with Gasteiger partial charge in [0.2, 0.25) is 0 Å². The van der Waals surface area contributed by atoms with Gasteiger partial charge < -0.3 is 0 Å². The van der Waals surface area contributed by atoms with Gasteiger partial charge in [0.1, 0.15) is 0 Å². The fourth-order valence-electron chi connectivity index (χ4n) is 2.17. The van der Waals surface area contributed by atoms with Crippen LogP contribution in [0.25, 0.3) is 0 Å². The summed E-state index contributed by atoms with van der Waals surface area (Å²) in [4.78, 5) is 0. The van der Waals surface area contributed by atoms with E-state index in [1.165, 1.54) is 30.4 Å². The Balaban J connectivity index is 5.64. The Bertz CT molecular complexity index is 557. The fourth-order valence-corrected chi connectivity index (χ4v) is 2.17. The molecule has 0 heteroatoms. The van der Waals surface area contributed by atoms with Crippen LogP contribution >= 0.6 is 0 Å². The minimum atomic E-state index is 1.06. The molecule has 0 heterocycles. The summed E-state index contributed by atoms with van der Waals surface area (Å²) < 4.78 is 0. The van der Waals surface area contributed by atoms with E-state index >= 15 is 0 Å². The lowest BCUT2D eigenvalue weighted by molar-refractivity contribution is 0.814. The third kappa shape index (κ3) is 14.3. The van der Waals surface area contributed by atoms with Crippen LogP contribution in [0.1, 0.15) is 66.2 Å². The number of rotatable bonds is 13. The van der Waals surface area contributed by atoms with Crippen molar-refractivity contribution in [2.45, 2.75) is 66.2 Å². The SMILES string of the molecule is CC=CC=CC(C=CCCCC)=C(C=CC=CCC)C=CC=CCCC. The molecule has 0 aromatic heterocycles. The molecule has 0 aliphatic rings.